The lowest BCUT2D eigenvalue weighted by atomic mass is 9.83. The second-order valence-electron chi connectivity index (χ2n) is 6.44. The van der Waals surface area contributed by atoms with Crippen molar-refractivity contribution in [1.82, 2.24) is 4.90 Å². The van der Waals surface area contributed by atoms with Gasteiger partial charge in [-0.05, 0) is 60.7 Å². The van der Waals surface area contributed by atoms with Crippen LogP contribution < -0.4 is 9.47 Å². The van der Waals surface area contributed by atoms with Gasteiger partial charge in [0.05, 0.1) is 5.54 Å². The maximum absolute atomic E-state index is 12.1. The van der Waals surface area contributed by atoms with Gasteiger partial charge in [0.25, 0.3) is 0 Å². The molecule has 1 aromatic rings. The molecule has 1 aromatic carbocycles. The molecule has 0 saturated carbocycles. The highest BCUT2D eigenvalue weighted by atomic mass is 16.7. The number of nitrogens with zero attached hydrogens (tertiary/aromatic N) is 1. The summed E-state index contributed by atoms with van der Waals surface area (Å²) in [6.07, 6.45) is 5.82. The number of hydrogen-bond donors (Lipinski definition) is 0. The Morgan fingerprint density at radius 1 is 1.14 bits per heavy atom. The van der Waals surface area contributed by atoms with Gasteiger partial charge in [-0.1, -0.05) is 0 Å². The normalized spacial score (nSPS) is 29.7. The van der Waals surface area contributed by atoms with Crippen molar-refractivity contribution >= 4 is 11.4 Å². The van der Waals surface area contributed by atoms with Gasteiger partial charge in [-0.2, -0.15) is 0 Å². The van der Waals surface area contributed by atoms with Gasteiger partial charge in [0.1, 0.15) is 0 Å². The predicted molar refractivity (Wildman–Crippen MR) is 77.4 cm³/mol. The number of fused-ring (bicyclic) bond motifs is 3. The summed E-state index contributed by atoms with van der Waals surface area (Å²) < 4.78 is 11.0. The van der Waals surface area contributed by atoms with Crippen LogP contribution in [0.5, 0.6) is 11.5 Å². The molecule has 4 heteroatoms. The molecular formula is C17H17NO3. The van der Waals surface area contributed by atoms with Crippen molar-refractivity contribution in [2.24, 2.45) is 0 Å². The third-order valence-electron chi connectivity index (χ3n) is 5.44. The minimum absolute atomic E-state index is 0.0456. The smallest absolute Gasteiger partial charge is 0.231 e. The number of benzene rings is 1. The molecule has 0 bridgehead atoms. The molecule has 5 rings (SSSR count). The van der Waals surface area contributed by atoms with Crippen LogP contribution in [-0.4, -0.2) is 36.1 Å². The molecule has 4 aliphatic rings. The third kappa shape index (κ3) is 1.46. The largest absolute Gasteiger partial charge is 0.454 e. The quantitative estimate of drug-likeness (QED) is 0.731. The Hall–Kier alpha value is -1.81. The van der Waals surface area contributed by atoms with Crippen LogP contribution in [0.3, 0.4) is 0 Å². The fraction of sp³-hybridized carbons (Fsp3) is 0.471. The monoisotopic (exact) mass is 283 g/mol. The van der Waals surface area contributed by atoms with Gasteiger partial charge in [0.15, 0.2) is 17.3 Å². The summed E-state index contributed by atoms with van der Waals surface area (Å²) in [6, 6.07) is 4.20. The first-order valence-electron chi connectivity index (χ1n) is 7.69. The van der Waals surface area contributed by atoms with Crippen molar-refractivity contribution < 1.29 is 14.3 Å². The molecule has 4 nitrogen and oxygen atoms in total. The third-order valence-corrected chi connectivity index (χ3v) is 5.44. The Morgan fingerprint density at radius 2 is 2.00 bits per heavy atom. The Kier molecular flexibility index (Phi) is 2.19. The van der Waals surface area contributed by atoms with Gasteiger partial charge in [-0.25, -0.2) is 0 Å². The fourth-order valence-corrected chi connectivity index (χ4v) is 4.52. The number of hydrogen-bond acceptors (Lipinski definition) is 4. The number of allylic oxidation sites excluding steroid dienone is 1. The lowest BCUT2D eigenvalue weighted by Crippen LogP contribution is -2.43. The fourth-order valence-electron chi connectivity index (χ4n) is 4.52. The highest BCUT2D eigenvalue weighted by Crippen LogP contribution is 2.51. The van der Waals surface area contributed by atoms with Gasteiger partial charge < -0.3 is 9.47 Å². The standard InChI is InChI=1S/C17H17NO3/c19-12-7-14-13-8-16-15(20-10-21-16)6-11(13)2-5-18-4-1-3-17(14,18)9-12/h6-8H,1-5,9-10H2. The highest BCUT2D eigenvalue weighted by Gasteiger charge is 2.50. The van der Waals surface area contributed by atoms with E-state index in [4.69, 9.17) is 9.47 Å². The Bertz CT molecular complexity index is 694. The average Bonchev–Trinajstić information content (AvgIpc) is 3.14. The molecule has 108 valence electrons. The van der Waals surface area contributed by atoms with E-state index in [0.717, 1.165) is 37.4 Å². The van der Waals surface area contributed by atoms with E-state index in [0.29, 0.717) is 13.2 Å². The van der Waals surface area contributed by atoms with Crippen LogP contribution in [0, 0.1) is 0 Å². The summed E-state index contributed by atoms with van der Waals surface area (Å²) in [4.78, 5) is 14.7. The van der Waals surface area contributed by atoms with E-state index < -0.39 is 0 Å². The van der Waals surface area contributed by atoms with Crippen LogP contribution in [0.2, 0.25) is 0 Å². The molecule has 0 aromatic heterocycles. The topological polar surface area (TPSA) is 38.8 Å². The molecule has 1 unspecified atom stereocenters. The lowest BCUT2D eigenvalue weighted by Gasteiger charge is -2.35. The molecule has 1 saturated heterocycles. The summed E-state index contributed by atoms with van der Waals surface area (Å²) in [5.74, 6) is 1.92. The number of ketones is 1. The van der Waals surface area contributed by atoms with Crippen LogP contribution in [-0.2, 0) is 11.2 Å². The molecule has 1 aliphatic carbocycles. The number of rotatable bonds is 0. The average molecular weight is 283 g/mol. The molecular weight excluding hydrogens is 266 g/mol. The zero-order valence-electron chi connectivity index (χ0n) is 11.9. The van der Waals surface area contributed by atoms with E-state index in [1.54, 1.807) is 0 Å². The van der Waals surface area contributed by atoms with Crippen LogP contribution in [0.4, 0.5) is 0 Å². The minimum Gasteiger partial charge on any atom is -0.454 e. The van der Waals surface area contributed by atoms with Gasteiger partial charge in [-0.15, -0.1) is 0 Å². The van der Waals surface area contributed by atoms with Gasteiger partial charge in [0.2, 0.25) is 6.79 Å². The Morgan fingerprint density at radius 3 is 2.90 bits per heavy atom. The van der Waals surface area contributed by atoms with Crippen LogP contribution in [0.1, 0.15) is 30.4 Å². The molecule has 1 atom stereocenters. The highest BCUT2D eigenvalue weighted by molar-refractivity contribution is 6.06. The Labute approximate surface area is 123 Å². The molecule has 3 heterocycles. The number of carbonyl (C=O) groups excluding carboxylic acids is 1. The molecule has 0 N–H and O–H groups in total. The first kappa shape index (κ1) is 11.8. The summed E-state index contributed by atoms with van der Waals surface area (Å²) >= 11 is 0. The van der Waals surface area contributed by atoms with Gasteiger partial charge in [0, 0.05) is 13.0 Å². The van der Waals surface area contributed by atoms with Crippen molar-refractivity contribution in [2.75, 3.05) is 19.9 Å². The zero-order valence-corrected chi connectivity index (χ0v) is 11.9. The van der Waals surface area contributed by atoms with Crippen molar-refractivity contribution in [3.63, 3.8) is 0 Å². The molecule has 3 aliphatic heterocycles. The van der Waals surface area contributed by atoms with E-state index in [1.165, 1.54) is 23.1 Å². The van der Waals surface area contributed by atoms with Crippen molar-refractivity contribution in [2.45, 2.75) is 31.2 Å². The summed E-state index contributed by atoms with van der Waals surface area (Å²) in [5.41, 5.74) is 3.66. The van der Waals surface area contributed by atoms with Crippen LogP contribution in [0.15, 0.2) is 18.2 Å². The van der Waals surface area contributed by atoms with Gasteiger partial charge >= 0.3 is 0 Å². The zero-order chi connectivity index (χ0) is 14.0. The van der Waals surface area contributed by atoms with E-state index >= 15 is 0 Å². The predicted octanol–water partition coefficient (Wildman–Crippen LogP) is 2.16. The minimum atomic E-state index is -0.0456. The SMILES string of the molecule is O=C1C=C2c3cc4c(cc3CCN3CCCC23C1)OCO4. The second-order valence-corrected chi connectivity index (χ2v) is 6.44. The number of ether oxygens (including phenoxy) is 2. The van der Waals surface area contributed by atoms with Crippen molar-refractivity contribution in [1.29, 1.82) is 0 Å². The first-order valence-corrected chi connectivity index (χ1v) is 7.69. The van der Waals surface area contributed by atoms with Crippen molar-refractivity contribution in [3.05, 3.63) is 29.3 Å². The molecule has 1 spiro atoms. The number of carbonyl (C=O) groups is 1. The second kappa shape index (κ2) is 3.89. The van der Waals surface area contributed by atoms with Crippen LogP contribution >= 0.6 is 0 Å². The molecule has 0 amide bonds. The first-order chi connectivity index (χ1) is 10.3. The van der Waals surface area contributed by atoms with Gasteiger partial charge in [-0.3, -0.25) is 9.69 Å². The summed E-state index contributed by atoms with van der Waals surface area (Å²) in [5, 5.41) is 0. The van der Waals surface area contributed by atoms with E-state index in [1.807, 2.05) is 6.08 Å². The summed E-state index contributed by atoms with van der Waals surface area (Å²) in [6.45, 7) is 2.43. The van der Waals surface area contributed by atoms with Crippen molar-refractivity contribution in [3.8, 4) is 11.5 Å². The van der Waals surface area contributed by atoms with E-state index in [-0.39, 0.29) is 11.3 Å². The van der Waals surface area contributed by atoms with E-state index in [9.17, 15) is 4.79 Å². The molecule has 1 fully saturated rings. The Balaban J connectivity index is 1.74. The van der Waals surface area contributed by atoms with Crippen LogP contribution in [0.25, 0.3) is 5.57 Å². The van der Waals surface area contributed by atoms with E-state index in [2.05, 4.69) is 17.0 Å². The lowest BCUT2D eigenvalue weighted by molar-refractivity contribution is -0.115. The maximum Gasteiger partial charge on any atom is 0.231 e. The molecule has 0 radical (unpaired) electrons. The maximum atomic E-state index is 12.1. The summed E-state index contributed by atoms with van der Waals surface area (Å²) in [7, 11) is 0. The molecule has 21 heavy (non-hydrogen) atoms.